The van der Waals surface area contributed by atoms with Gasteiger partial charge in [-0.3, -0.25) is 4.57 Å². The Hall–Kier alpha value is 0.110. The molecule has 0 atom stereocenters. The summed E-state index contributed by atoms with van der Waals surface area (Å²) in [4.78, 5) is 0. The minimum Gasteiger partial charge on any atom is -0.271 e. The summed E-state index contributed by atoms with van der Waals surface area (Å²) >= 11 is 0. The van der Waals surface area contributed by atoms with Gasteiger partial charge in [0.2, 0.25) is 0 Å². The SMILES string of the molecule is O=P(NC1CCCCC1)(NC1CCCCC1)NC1CCCCC1. The van der Waals surface area contributed by atoms with Crippen molar-refractivity contribution < 1.29 is 4.57 Å². The van der Waals surface area contributed by atoms with E-state index in [1.54, 1.807) is 0 Å². The molecule has 134 valence electrons. The van der Waals surface area contributed by atoms with Crippen LogP contribution in [0, 0.1) is 0 Å². The second-order valence-electron chi connectivity index (χ2n) is 8.00. The van der Waals surface area contributed by atoms with E-state index < -0.39 is 7.59 Å². The molecule has 5 heteroatoms. The molecule has 0 aromatic rings. The molecule has 0 bridgehead atoms. The summed E-state index contributed by atoms with van der Waals surface area (Å²) in [5.74, 6) is 0. The van der Waals surface area contributed by atoms with Gasteiger partial charge < -0.3 is 0 Å². The van der Waals surface area contributed by atoms with Gasteiger partial charge in [0.1, 0.15) is 0 Å². The summed E-state index contributed by atoms with van der Waals surface area (Å²) in [7, 11) is -2.67. The van der Waals surface area contributed by atoms with Crippen molar-refractivity contribution in [2.75, 3.05) is 0 Å². The molecule has 3 fully saturated rings. The Bertz CT molecular complexity index is 329. The van der Waals surface area contributed by atoms with Crippen LogP contribution < -0.4 is 15.3 Å². The highest BCUT2D eigenvalue weighted by molar-refractivity contribution is 7.57. The van der Waals surface area contributed by atoms with Crippen molar-refractivity contribution in [3.05, 3.63) is 0 Å². The van der Waals surface area contributed by atoms with Crippen LogP contribution in [0.5, 0.6) is 0 Å². The van der Waals surface area contributed by atoms with Crippen LogP contribution in [0.15, 0.2) is 0 Å². The normalized spacial score (nSPS) is 26.4. The van der Waals surface area contributed by atoms with Gasteiger partial charge in [-0.05, 0) is 38.5 Å². The van der Waals surface area contributed by atoms with E-state index in [9.17, 15) is 4.57 Å². The van der Waals surface area contributed by atoms with E-state index >= 15 is 0 Å². The number of hydrogen-bond acceptors (Lipinski definition) is 1. The number of hydrogen-bond donors (Lipinski definition) is 3. The summed E-state index contributed by atoms with van der Waals surface area (Å²) in [5, 5.41) is 10.7. The van der Waals surface area contributed by atoms with Gasteiger partial charge in [-0.1, -0.05) is 57.8 Å². The van der Waals surface area contributed by atoms with Crippen molar-refractivity contribution >= 4 is 7.59 Å². The third-order valence-electron chi connectivity index (χ3n) is 5.91. The van der Waals surface area contributed by atoms with E-state index in [2.05, 4.69) is 15.3 Å². The van der Waals surface area contributed by atoms with Crippen molar-refractivity contribution in [1.82, 2.24) is 15.3 Å². The van der Waals surface area contributed by atoms with E-state index in [-0.39, 0.29) is 0 Å². The third kappa shape index (κ3) is 5.85. The molecule has 3 rings (SSSR count). The van der Waals surface area contributed by atoms with Crippen LogP contribution in [0.4, 0.5) is 0 Å². The van der Waals surface area contributed by atoms with Crippen LogP contribution in [0.3, 0.4) is 0 Å². The molecule has 0 aromatic heterocycles. The fourth-order valence-corrected chi connectivity index (χ4v) is 7.12. The van der Waals surface area contributed by atoms with Crippen LogP contribution in [-0.2, 0) is 4.57 Å². The van der Waals surface area contributed by atoms with E-state index in [1.807, 2.05) is 0 Å². The lowest BCUT2D eigenvalue weighted by atomic mass is 9.96. The predicted octanol–water partition coefficient (Wildman–Crippen LogP) is 4.86. The molecule has 3 aliphatic rings. The molecule has 0 spiro atoms. The molecule has 0 aromatic carbocycles. The Morgan fingerprint density at radius 3 is 1.00 bits per heavy atom. The Balaban J connectivity index is 1.61. The molecular weight excluding hydrogens is 305 g/mol. The molecule has 0 unspecified atom stereocenters. The Morgan fingerprint density at radius 1 is 0.478 bits per heavy atom. The maximum absolute atomic E-state index is 13.7. The highest BCUT2D eigenvalue weighted by Crippen LogP contribution is 2.39. The van der Waals surface area contributed by atoms with E-state index in [1.165, 1.54) is 96.3 Å². The first-order valence-corrected chi connectivity index (χ1v) is 11.9. The monoisotopic (exact) mass is 341 g/mol. The quantitative estimate of drug-likeness (QED) is 0.604. The summed E-state index contributed by atoms with van der Waals surface area (Å²) in [6.45, 7) is 0. The molecule has 0 aliphatic heterocycles. The Morgan fingerprint density at radius 2 is 0.739 bits per heavy atom. The maximum Gasteiger partial charge on any atom is 0.279 e. The van der Waals surface area contributed by atoms with Gasteiger partial charge in [0, 0.05) is 18.1 Å². The number of nitrogens with one attached hydrogen (secondary N) is 3. The fraction of sp³-hybridized carbons (Fsp3) is 1.00. The Labute approximate surface area is 142 Å². The topological polar surface area (TPSA) is 53.2 Å². The van der Waals surface area contributed by atoms with Crippen LogP contribution in [0.1, 0.15) is 96.3 Å². The van der Waals surface area contributed by atoms with Crippen LogP contribution in [-0.4, -0.2) is 18.1 Å². The lowest BCUT2D eigenvalue weighted by Crippen LogP contribution is -2.46. The average Bonchev–Trinajstić information content (AvgIpc) is 2.57. The molecule has 0 heterocycles. The lowest BCUT2D eigenvalue weighted by molar-refractivity contribution is 0.368. The molecule has 3 aliphatic carbocycles. The van der Waals surface area contributed by atoms with Gasteiger partial charge in [-0.15, -0.1) is 0 Å². The van der Waals surface area contributed by atoms with Crippen molar-refractivity contribution in [3.8, 4) is 0 Å². The van der Waals surface area contributed by atoms with Gasteiger partial charge in [-0.25, -0.2) is 15.3 Å². The molecule has 0 radical (unpaired) electrons. The zero-order valence-corrected chi connectivity index (χ0v) is 15.6. The lowest BCUT2D eigenvalue weighted by Gasteiger charge is -2.36. The molecule has 4 nitrogen and oxygen atoms in total. The molecule has 0 amide bonds. The largest absolute Gasteiger partial charge is 0.279 e. The standard InChI is InChI=1S/C18H36N3OP/c22-23(19-16-10-4-1-5-11-16,20-17-12-6-2-7-13-17)21-18-14-8-3-9-15-18/h16-18H,1-15H2,(H3,19,20,21,22). The van der Waals surface area contributed by atoms with Crippen molar-refractivity contribution in [3.63, 3.8) is 0 Å². The van der Waals surface area contributed by atoms with Crippen LogP contribution in [0.25, 0.3) is 0 Å². The van der Waals surface area contributed by atoms with E-state index in [0.717, 1.165) is 0 Å². The van der Waals surface area contributed by atoms with E-state index in [4.69, 9.17) is 0 Å². The zero-order valence-electron chi connectivity index (χ0n) is 14.7. The smallest absolute Gasteiger partial charge is 0.271 e. The second-order valence-corrected chi connectivity index (χ2v) is 9.99. The average molecular weight is 341 g/mol. The van der Waals surface area contributed by atoms with Crippen LogP contribution in [0.2, 0.25) is 0 Å². The van der Waals surface area contributed by atoms with Crippen molar-refractivity contribution in [2.45, 2.75) is 114 Å². The summed E-state index contributed by atoms with van der Waals surface area (Å²) < 4.78 is 13.7. The fourth-order valence-electron chi connectivity index (χ4n) is 4.58. The predicted molar refractivity (Wildman–Crippen MR) is 97.6 cm³/mol. The molecule has 23 heavy (non-hydrogen) atoms. The Kier molecular flexibility index (Phi) is 7.00. The minimum atomic E-state index is -2.67. The van der Waals surface area contributed by atoms with E-state index in [0.29, 0.717) is 18.1 Å². The highest BCUT2D eigenvalue weighted by atomic mass is 31.2. The first kappa shape index (κ1) is 17.9. The van der Waals surface area contributed by atoms with Gasteiger partial charge in [0.05, 0.1) is 0 Å². The summed E-state index contributed by atoms with van der Waals surface area (Å²) in [5.41, 5.74) is 0. The number of rotatable bonds is 6. The summed E-state index contributed by atoms with van der Waals surface area (Å²) in [6, 6.07) is 1.30. The highest BCUT2D eigenvalue weighted by Gasteiger charge is 2.32. The molecule has 3 N–H and O–H groups in total. The second kappa shape index (κ2) is 8.99. The van der Waals surface area contributed by atoms with Gasteiger partial charge >= 0.3 is 0 Å². The van der Waals surface area contributed by atoms with Crippen LogP contribution >= 0.6 is 7.59 Å². The van der Waals surface area contributed by atoms with Crippen molar-refractivity contribution in [1.29, 1.82) is 0 Å². The summed E-state index contributed by atoms with van der Waals surface area (Å²) in [6.07, 6.45) is 18.8. The zero-order chi connectivity index (χ0) is 16.0. The first-order valence-electron chi connectivity index (χ1n) is 10.2. The minimum absolute atomic E-state index is 0.432. The van der Waals surface area contributed by atoms with Gasteiger partial charge in [0.15, 0.2) is 0 Å². The molecule has 3 saturated carbocycles. The first-order chi connectivity index (χ1) is 11.2. The van der Waals surface area contributed by atoms with Gasteiger partial charge in [0.25, 0.3) is 7.59 Å². The van der Waals surface area contributed by atoms with Crippen molar-refractivity contribution in [2.24, 2.45) is 0 Å². The molecular formula is C18H36N3OP. The maximum atomic E-state index is 13.7. The molecule has 0 saturated heterocycles. The van der Waals surface area contributed by atoms with Gasteiger partial charge in [-0.2, -0.15) is 0 Å². The third-order valence-corrected chi connectivity index (χ3v) is 8.09.